The second-order valence-corrected chi connectivity index (χ2v) is 4.55. The molecule has 0 aromatic heterocycles. The number of carbonyl (C=O) groups excluding carboxylic acids is 1. The highest BCUT2D eigenvalue weighted by atomic mass is 35.5. The quantitative estimate of drug-likeness (QED) is 0.617. The van der Waals surface area contributed by atoms with E-state index in [2.05, 4.69) is 12.5 Å². The van der Waals surface area contributed by atoms with E-state index in [4.69, 9.17) is 34.4 Å². The zero-order valence-corrected chi connectivity index (χ0v) is 12.0. The van der Waals surface area contributed by atoms with Gasteiger partial charge in [-0.05, 0) is 12.1 Å². The summed E-state index contributed by atoms with van der Waals surface area (Å²) in [6.07, 6.45) is 6.73. The molecule has 0 radical (unpaired) electrons. The van der Waals surface area contributed by atoms with Crippen LogP contribution < -0.4 is 4.74 Å². The van der Waals surface area contributed by atoms with Crippen LogP contribution in [0.2, 0.25) is 10.0 Å². The highest BCUT2D eigenvalue weighted by molar-refractivity contribution is 6.37. The summed E-state index contributed by atoms with van der Waals surface area (Å²) < 4.78 is 5.32. The van der Waals surface area contributed by atoms with Crippen LogP contribution in [0.15, 0.2) is 24.8 Å². The Kier molecular flexibility index (Phi) is 5.75. The van der Waals surface area contributed by atoms with Crippen molar-refractivity contribution >= 4 is 29.1 Å². The first-order valence-corrected chi connectivity index (χ1v) is 6.18. The molecule has 100 valence electrons. The Morgan fingerprint density at radius 1 is 1.53 bits per heavy atom. The molecule has 0 unspecified atom stereocenters. The summed E-state index contributed by atoms with van der Waals surface area (Å²) in [5, 5.41) is 0.540. The SMILES string of the molecule is C#CCN(C)C(=O)c1cc(Cl)c(OCC=C)c(Cl)c1. The first kappa shape index (κ1) is 15.4. The van der Waals surface area contributed by atoms with Gasteiger partial charge in [-0.1, -0.05) is 41.8 Å². The molecule has 0 bridgehead atoms. The Bertz CT molecular complexity index is 512. The number of amides is 1. The molecule has 0 saturated heterocycles. The summed E-state index contributed by atoms with van der Waals surface area (Å²) in [5.41, 5.74) is 0.360. The lowest BCUT2D eigenvalue weighted by Gasteiger charge is -2.15. The average Bonchev–Trinajstić information content (AvgIpc) is 2.37. The second-order valence-electron chi connectivity index (χ2n) is 3.73. The fourth-order valence-electron chi connectivity index (χ4n) is 1.39. The van der Waals surface area contributed by atoms with Crippen LogP contribution in [-0.2, 0) is 0 Å². The van der Waals surface area contributed by atoms with Crippen molar-refractivity contribution in [2.75, 3.05) is 20.2 Å². The Hall–Kier alpha value is -1.63. The van der Waals surface area contributed by atoms with E-state index in [1.807, 2.05) is 0 Å². The van der Waals surface area contributed by atoms with Crippen LogP contribution in [0.1, 0.15) is 10.4 Å². The maximum Gasteiger partial charge on any atom is 0.254 e. The summed E-state index contributed by atoms with van der Waals surface area (Å²) in [6, 6.07) is 3.00. The highest BCUT2D eigenvalue weighted by Gasteiger charge is 2.16. The van der Waals surface area contributed by atoms with Crippen LogP contribution in [-0.4, -0.2) is 31.0 Å². The van der Waals surface area contributed by atoms with Crippen molar-refractivity contribution in [2.45, 2.75) is 0 Å². The van der Waals surface area contributed by atoms with E-state index in [0.717, 1.165) is 0 Å². The third kappa shape index (κ3) is 3.92. The zero-order valence-electron chi connectivity index (χ0n) is 10.5. The van der Waals surface area contributed by atoms with Gasteiger partial charge in [0.15, 0.2) is 5.75 Å². The molecule has 0 aliphatic rings. The number of benzene rings is 1. The molecule has 0 spiro atoms. The van der Waals surface area contributed by atoms with Crippen molar-refractivity contribution in [3.63, 3.8) is 0 Å². The maximum absolute atomic E-state index is 12.0. The smallest absolute Gasteiger partial charge is 0.254 e. The molecule has 0 aliphatic heterocycles. The summed E-state index contributed by atoms with van der Waals surface area (Å²) in [4.78, 5) is 13.4. The van der Waals surface area contributed by atoms with Crippen LogP contribution in [0, 0.1) is 12.3 Å². The van der Waals surface area contributed by atoms with Crippen LogP contribution in [0.4, 0.5) is 0 Å². The van der Waals surface area contributed by atoms with E-state index in [1.54, 1.807) is 13.1 Å². The Labute approximate surface area is 122 Å². The molecular formula is C14H13Cl2NO2. The van der Waals surface area contributed by atoms with E-state index in [0.29, 0.717) is 11.3 Å². The predicted molar refractivity (Wildman–Crippen MR) is 77.9 cm³/mol. The molecule has 1 amide bonds. The lowest BCUT2D eigenvalue weighted by Crippen LogP contribution is -2.26. The van der Waals surface area contributed by atoms with Gasteiger partial charge < -0.3 is 9.64 Å². The largest absolute Gasteiger partial charge is 0.486 e. The number of rotatable bonds is 5. The van der Waals surface area contributed by atoms with Gasteiger partial charge in [0, 0.05) is 12.6 Å². The minimum atomic E-state index is -0.253. The van der Waals surface area contributed by atoms with Gasteiger partial charge in [0.1, 0.15) is 6.61 Å². The third-order valence-electron chi connectivity index (χ3n) is 2.27. The molecule has 5 heteroatoms. The van der Waals surface area contributed by atoms with Gasteiger partial charge in [0.2, 0.25) is 0 Å². The summed E-state index contributed by atoms with van der Waals surface area (Å²) in [7, 11) is 1.60. The van der Waals surface area contributed by atoms with E-state index in [1.165, 1.54) is 17.0 Å². The van der Waals surface area contributed by atoms with Crippen molar-refractivity contribution in [3.05, 3.63) is 40.4 Å². The molecular weight excluding hydrogens is 285 g/mol. The first-order valence-electron chi connectivity index (χ1n) is 5.43. The fourth-order valence-corrected chi connectivity index (χ4v) is 1.99. The molecule has 1 aromatic carbocycles. The lowest BCUT2D eigenvalue weighted by atomic mass is 10.2. The molecule has 0 atom stereocenters. The van der Waals surface area contributed by atoms with Gasteiger partial charge in [-0.3, -0.25) is 4.79 Å². The van der Waals surface area contributed by atoms with Gasteiger partial charge in [0.05, 0.1) is 16.6 Å². The number of nitrogens with zero attached hydrogens (tertiary/aromatic N) is 1. The van der Waals surface area contributed by atoms with Crippen molar-refractivity contribution in [1.29, 1.82) is 0 Å². The van der Waals surface area contributed by atoms with Gasteiger partial charge in [0.25, 0.3) is 5.91 Å². The number of halogens is 2. The Balaban J connectivity index is 3.04. The summed E-state index contributed by atoms with van der Waals surface area (Å²) >= 11 is 12.1. The highest BCUT2D eigenvalue weighted by Crippen LogP contribution is 2.34. The zero-order chi connectivity index (χ0) is 14.4. The standard InChI is InChI=1S/C14H13Cl2NO2/c1-4-6-17(3)14(18)10-8-11(15)13(12(16)9-10)19-7-5-2/h1,5,8-9H,2,6-7H2,3H3. The number of terminal acetylenes is 1. The van der Waals surface area contributed by atoms with Crippen LogP contribution in [0.3, 0.4) is 0 Å². The van der Waals surface area contributed by atoms with Crippen molar-refractivity contribution in [3.8, 4) is 18.1 Å². The van der Waals surface area contributed by atoms with Gasteiger partial charge >= 0.3 is 0 Å². The molecule has 0 aliphatic carbocycles. The minimum Gasteiger partial charge on any atom is -0.486 e. The molecule has 3 nitrogen and oxygen atoms in total. The minimum absolute atomic E-state index is 0.211. The monoisotopic (exact) mass is 297 g/mol. The molecule has 1 rings (SSSR count). The lowest BCUT2D eigenvalue weighted by molar-refractivity contribution is 0.0812. The molecule has 0 fully saturated rings. The van der Waals surface area contributed by atoms with Gasteiger partial charge in [-0.15, -0.1) is 6.42 Å². The van der Waals surface area contributed by atoms with Crippen LogP contribution >= 0.6 is 23.2 Å². The number of ether oxygens (including phenoxy) is 1. The Morgan fingerprint density at radius 2 is 2.11 bits per heavy atom. The van der Waals surface area contributed by atoms with E-state index >= 15 is 0 Å². The van der Waals surface area contributed by atoms with Crippen molar-refractivity contribution < 1.29 is 9.53 Å². The fraction of sp³-hybridized carbons (Fsp3) is 0.214. The summed E-state index contributed by atoms with van der Waals surface area (Å²) in [5.74, 6) is 2.47. The molecule has 1 aromatic rings. The molecule has 0 N–H and O–H groups in total. The van der Waals surface area contributed by atoms with E-state index < -0.39 is 0 Å². The predicted octanol–water partition coefficient (Wildman–Crippen LogP) is 3.26. The maximum atomic E-state index is 12.0. The van der Waals surface area contributed by atoms with E-state index in [-0.39, 0.29) is 29.1 Å². The van der Waals surface area contributed by atoms with Gasteiger partial charge in [-0.2, -0.15) is 0 Å². The number of hydrogen-bond acceptors (Lipinski definition) is 2. The second kappa shape index (κ2) is 7.08. The Morgan fingerprint density at radius 3 is 2.58 bits per heavy atom. The molecule has 19 heavy (non-hydrogen) atoms. The topological polar surface area (TPSA) is 29.5 Å². The molecule has 0 saturated carbocycles. The third-order valence-corrected chi connectivity index (χ3v) is 2.83. The van der Waals surface area contributed by atoms with Crippen LogP contribution in [0.5, 0.6) is 5.75 Å². The van der Waals surface area contributed by atoms with Crippen molar-refractivity contribution in [1.82, 2.24) is 4.90 Å². The average molecular weight is 298 g/mol. The van der Waals surface area contributed by atoms with E-state index in [9.17, 15) is 4.79 Å². The normalized spacial score (nSPS) is 9.58. The van der Waals surface area contributed by atoms with Crippen molar-refractivity contribution in [2.24, 2.45) is 0 Å². The summed E-state index contributed by atoms with van der Waals surface area (Å²) in [6.45, 7) is 4.03. The number of hydrogen-bond donors (Lipinski definition) is 0. The number of carbonyl (C=O) groups is 1. The van der Waals surface area contributed by atoms with Crippen LogP contribution in [0.25, 0.3) is 0 Å². The first-order chi connectivity index (χ1) is 9.01. The van der Waals surface area contributed by atoms with Gasteiger partial charge in [-0.25, -0.2) is 0 Å². The molecule has 0 heterocycles.